The van der Waals surface area contributed by atoms with Gasteiger partial charge in [0.2, 0.25) is 10.0 Å². The second-order valence-electron chi connectivity index (χ2n) is 4.39. The highest BCUT2D eigenvalue weighted by molar-refractivity contribution is 7.88. The molecular weight excluding hydrogens is 248 g/mol. The van der Waals surface area contributed by atoms with E-state index in [4.69, 9.17) is 0 Å². The van der Waals surface area contributed by atoms with Crippen LogP contribution in [0.4, 0.5) is 5.69 Å². The highest BCUT2D eigenvalue weighted by Gasteiger charge is 2.07. The summed E-state index contributed by atoms with van der Waals surface area (Å²) in [5.74, 6) is 0. The SMILES string of the molecule is CCN(CCCNS(C)(=O)=O)c1ccccc1C. The molecule has 0 aliphatic carbocycles. The number of nitrogens with one attached hydrogen (secondary N) is 1. The minimum Gasteiger partial charge on any atom is -0.372 e. The van der Waals surface area contributed by atoms with Gasteiger partial charge in [0.1, 0.15) is 0 Å². The Kier molecular flexibility index (Phi) is 5.62. The van der Waals surface area contributed by atoms with Gasteiger partial charge in [0, 0.05) is 25.3 Å². The van der Waals surface area contributed by atoms with Crippen LogP contribution in [-0.4, -0.2) is 34.3 Å². The number of para-hydroxylation sites is 1. The Morgan fingerprint density at radius 1 is 1.28 bits per heavy atom. The standard InChI is InChI=1S/C13H22N2O2S/c1-4-15(11-7-10-14-18(3,16)17)13-9-6-5-8-12(13)2/h5-6,8-9,14H,4,7,10-11H2,1-3H3. The molecule has 0 saturated carbocycles. The minimum absolute atomic E-state index is 0.487. The summed E-state index contributed by atoms with van der Waals surface area (Å²) in [5, 5.41) is 0. The van der Waals surface area contributed by atoms with Crippen LogP contribution in [0.15, 0.2) is 24.3 Å². The van der Waals surface area contributed by atoms with Crippen LogP contribution in [0.3, 0.4) is 0 Å². The third-order valence-corrected chi connectivity index (χ3v) is 3.54. The van der Waals surface area contributed by atoms with E-state index in [1.807, 2.05) is 12.1 Å². The van der Waals surface area contributed by atoms with E-state index in [1.165, 1.54) is 17.5 Å². The van der Waals surface area contributed by atoms with E-state index in [-0.39, 0.29) is 0 Å². The average molecular weight is 270 g/mol. The first-order valence-electron chi connectivity index (χ1n) is 6.19. The summed E-state index contributed by atoms with van der Waals surface area (Å²) in [6.45, 7) is 6.46. The van der Waals surface area contributed by atoms with Crippen LogP contribution < -0.4 is 9.62 Å². The first kappa shape index (κ1) is 15.0. The molecule has 0 saturated heterocycles. The summed E-state index contributed by atoms with van der Waals surface area (Å²) in [5.41, 5.74) is 2.47. The number of aryl methyl sites for hydroxylation is 1. The topological polar surface area (TPSA) is 49.4 Å². The van der Waals surface area contributed by atoms with Gasteiger partial charge in [-0.25, -0.2) is 13.1 Å². The molecule has 0 aromatic heterocycles. The predicted molar refractivity (Wildman–Crippen MR) is 76.5 cm³/mol. The third kappa shape index (κ3) is 5.06. The van der Waals surface area contributed by atoms with Crippen LogP contribution in [0.25, 0.3) is 0 Å². The van der Waals surface area contributed by atoms with Gasteiger partial charge >= 0.3 is 0 Å². The molecule has 0 aliphatic rings. The lowest BCUT2D eigenvalue weighted by atomic mass is 10.2. The highest BCUT2D eigenvalue weighted by Crippen LogP contribution is 2.18. The van der Waals surface area contributed by atoms with Crippen LogP contribution in [-0.2, 0) is 10.0 Å². The van der Waals surface area contributed by atoms with Crippen LogP contribution in [0.2, 0.25) is 0 Å². The van der Waals surface area contributed by atoms with E-state index < -0.39 is 10.0 Å². The largest absolute Gasteiger partial charge is 0.372 e. The Bertz CT molecular complexity index is 472. The summed E-state index contributed by atoms with van der Waals surface area (Å²) < 4.78 is 24.4. The molecule has 1 N–H and O–H groups in total. The van der Waals surface area contributed by atoms with Crippen LogP contribution >= 0.6 is 0 Å². The molecule has 1 aromatic carbocycles. The number of hydrogen-bond donors (Lipinski definition) is 1. The summed E-state index contributed by atoms with van der Waals surface area (Å²) in [6, 6.07) is 8.24. The molecular formula is C13H22N2O2S. The molecule has 0 radical (unpaired) electrons. The zero-order chi connectivity index (χ0) is 13.6. The van der Waals surface area contributed by atoms with Crippen LogP contribution in [0.5, 0.6) is 0 Å². The number of sulfonamides is 1. The van der Waals surface area contributed by atoms with Crippen molar-refractivity contribution < 1.29 is 8.42 Å². The molecule has 0 unspecified atom stereocenters. The number of anilines is 1. The smallest absolute Gasteiger partial charge is 0.208 e. The van der Waals surface area contributed by atoms with Crippen LogP contribution in [0.1, 0.15) is 18.9 Å². The molecule has 102 valence electrons. The van der Waals surface area contributed by atoms with Crippen molar-refractivity contribution in [1.29, 1.82) is 0 Å². The van der Waals surface area contributed by atoms with Crippen molar-refractivity contribution in [1.82, 2.24) is 4.72 Å². The second-order valence-corrected chi connectivity index (χ2v) is 6.22. The first-order valence-corrected chi connectivity index (χ1v) is 8.08. The maximum atomic E-state index is 10.9. The van der Waals surface area contributed by atoms with Gasteiger partial charge in [-0.05, 0) is 31.9 Å². The minimum atomic E-state index is -3.07. The average Bonchev–Trinajstić information content (AvgIpc) is 2.29. The van der Waals surface area contributed by atoms with Crippen molar-refractivity contribution in [3.8, 4) is 0 Å². The van der Waals surface area contributed by atoms with Gasteiger partial charge in [0.05, 0.1) is 6.26 Å². The summed E-state index contributed by atoms with van der Waals surface area (Å²) in [6.07, 6.45) is 1.99. The fraction of sp³-hybridized carbons (Fsp3) is 0.538. The fourth-order valence-corrected chi connectivity index (χ4v) is 2.41. The summed E-state index contributed by atoms with van der Waals surface area (Å²) in [4.78, 5) is 2.26. The molecule has 4 nitrogen and oxygen atoms in total. The lowest BCUT2D eigenvalue weighted by Crippen LogP contribution is -2.29. The lowest BCUT2D eigenvalue weighted by molar-refractivity contribution is 0.584. The molecule has 0 atom stereocenters. The van der Waals surface area contributed by atoms with Crippen LogP contribution in [0, 0.1) is 6.92 Å². The van der Waals surface area contributed by atoms with E-state index in [0.717, 1.165) is 19.5 Å². The fourth-order valence-electron chi connectivity index (χ4n) is 1.89. The van der Waals surface area contributed by atoms with Crippen molar-refractivity contribution in [2.45, 2.75) is 20.3 Å². The molecule has 5 heteroatoms. The maximum Gasteiger partial charge on any atom is 0.208 e. The van der Waals surface area contributed by atoms with Crippen molar-refractivity contribution >= 4 is 15.7 Å². The van der Waals surface area contributed by atoms with E-state index >= 15 is 0 Å². The molecule has 0 heterocycles. The van der Waals surface area contributed by atoms with Crippen molar-refractivity contribution in [3.05, 3.63) is 29.8 Å². The second kappa shape index (κ2) is 6.75. The molecule has 0 aliphatic heterocycles. The molecule has 0 bridgehead atoms. The van der Waals surface area contributed by atoms with E-state index in [0.29, 0.717) is 6.54 Å². The third-order valence-electron chi connectivity index (χ3n) is 2.81. The zero-order valence-corrected chi connectivity index (χ0v) is 12.1. The Morgan fingerprint density at radius 3 is 2.50 bits per heavy atom. The quantitative estimate of drug-likeness (QED) is 0.768. The van der Waals surface area contributed by atoms with E-state index in [9.17, 15) is 8.42 Å². The van der Waals surface area contributed by atoms with E-state index in [1.54, 1.807) is 0 Å². The summed E-state index contributed by atoms with van der Waals surface area (Å²) >= 11 is 0. The zero-order valence-electron chi connectivity index (χ0n) is 11.3. The number of nitrogens with zero attached hydrogens (tertiary/aromatic N) is 1. The Hall–Kier alpha value is -1.07. The molecule has 1 rings (SSSR count). The molecule has 1 aromatic rings. The predicted octanol–water partition coefficient (Wildman–Crippen LogP) is 1.76. The maximum absolute atomic E-state index is 10.9. The Balaban J connectivity index is 2.51. The number of hydrogen-bond acceptors (Lipinski definition) is 3. The number of benzene rings is 1. The molecule has 0 spiro atoms. The van der Waals surface area contributed by atoms with Crippen molar-refractivity contribution in [2.75, 3.05) is 30.8 Å². The summed E-state index contributed by atoms with van der Waals surface area (Å²) in [7, 11) is -3.07. The van der Waals surface area contributed by atoms with Crippen molar-refractivity contribution in [2.24, 2.45) is 0 Å². The first-order chi connectivity index (χ1) is 8.44. The molecule has 0 fully saturated rings. The van der Waals surface area contributed by atoms with Gasteiger partial charge in [0.25, 0.3) is 0 Å². The lowest BCUT2D eigenvalue weighted by Gasteiger charge is -2.24. The molecule has 0 amide bonds. The molecule has 18 heavy (non-hydrogen) atoms. The van der Waals surface area contributed by atoms with Gasteiger partial charge in [-0.3, -0.25) is 0 Å². The number of rotatable bonds is 7. The van der Waals surface area contributed by atoms with Gasteiger partial charge in [-0.2, -0.15) is 0 Å². The van der Waals surface area contributed by atoms with Gasteiger partial charge in [0.15, 0.2) is 0 Å². The van der Waals surface area contributed by atoms with Gasteiger partial charge in [-0.1, -0.05) is 18.2 Å². The Morgan fingerprint density at radius 2 is 1.94 bits per heavy atom. The van der Waals surface area contributed by atoms with E-state index in [2.05, 4.69) is 35.6 Å². The highest BCUT2D eigenvalue weighted by atomic mass is 32.2. The normalized spacial score (nSPS) is 11.5. The Labute approximate surface area is 110 Å². The van der Waals surface area contributed by atoms with Gasteiger partial charge < -0.3 is 4.90 Å². The monoisotopic (exact) mass is 270 g/mol. The van der Waals surface area contributed by atoms with Gasteiger partial charge in [-0.15, -0.1) is 0 Å². The van der Waals surface area contributed by atoms with Crippen molar-refractivity contribution in [3.63, 3.8) is 0 Å².